The van der Waals surface area contributed by atoms with Crippen LogP contribution in [0.15, 0.2) is 30.3 Å². The third kappa shape index (κ3) is 3.13. The second-order valence-electron chi connectivity index (χ2n) is 7.05. The van der Waals surface area contributed by atoms with E-state index < -0.39 is 0 Å². The molecular weight excluding hydrogens is 290 g/mol. The lowest BCUT2D eigenvalue weighted by atomic mass is 9.81. The topological polar surface area (TPSA) is 27.3 Å². The van der Waals surface area contributed by atoms with Crippen molar-refractivity contribution in [2.75, 3.05) is 5.32 Å². The molecule has 1 aromatic carbocycles. The number of nitrogens with one attached hydrogen (secondary N) is 2. The molecule has 4 rings (SSSR count). The van der Waals surface area contributed by atoms with Crippen molar-refractivity contribution < 1.29 is 0 Å². The zero-order chi connectivity index (χ0) is 14.9. The molecule has 22 heavy (non-hydrogen) atoms. The van der Waals surface area contributed by atoms with Crippen LogP contribution in [0.25, 0.3) is 0 Å². The minimum atomic E-state index is 0.536. The first-order valence-corrected chi connectivity index (χ1v) is 9.10. The van der Waals surface area contributed by atoms with Gasteiger partial charge in [0.25, 0.3) is 0 Å². The quantitative estimate of drug-likeness (QED) is 0.835. The highest BCUT2D eigenvalue weighted by molar-refractivity contribution is 7.80. The molecule has 1 aromatic rings. The largest absolute Gasteiger partial charge is 0.360 e. The number of hydrogen-bond acceptors (Lipinski definition) is 2. The standard InChI is InChI=1S/C18H25N3S/c22-18(19-13-5-2-1-3-6-13)20-14-11-16-7-4-8-17(12-14)21(16)15-9-10-15/h1-3,5-6,14-17H,4,7-12H2,(H2,19,20,22)/t16-,17-/m1/s1. The van der Waals surface area contributed by atoms with E-state index in [0.717, 1.165) is 28.9 Å². The number of rotatable bonds is 3. The Morgan fingerprint density at radius 1 is 0.955 bits per heavy atom. The SMILES string of the molecule is S=C(Nc1ccccc1)NC1C[C@H]2CCC[C@H](C1)N2C1CC1. The van der Waals surface area contributed by atoms with Crippen molar-refractivity contribution in [3.63, 3.8) is 0 Å². The van der Waals surface area contributed by atoms with E-state index in [0.29, 0.717) is 6.04 Å². The summed E-state index contributed by atoms with van der Waals surface area (Å²) in [6, 6.07) is 13.2. The van der Waals surface area contributed by atoms with Gasteiger partial charge in [-0.2, -0.15) is 0 Å². The summed E-state index contributed by atoms with van der Waals surface area (Å²) in [4.78, 5) is 2.86. The molecule has 2 saturated heterocycles. The molecule has 1 saturated carbocycles. The molecule has 3 aliphatic rings. The van der Waals surface area contributed by atoms with Crippen LogP contribution in [0.2, 0.25) is 0 Å². The van der Waals surface area contributed by atoms with Crippen LogP contribution in [0.1, 0.15) is 44.9 Å². The van der Waals surface area contributed by atoms with E-state index in [9.17, 15) is 0 Å². The second-order valence-corrected chi connectivity index (χ2v) is 7.46. The Hall–Kier alpha value is -1.13. The van der Waals surface area contributed by atoms with Gasteiger partial charge in [0.1, 0.15) is 0 Å². The van der Waals surface area contributed by atoms with Gasteiger partial charge in [0.05, 0.1) is 0 Å². The first kappa shape index (κ1) is 14.5. The van der Waals surface area contributed by atoms with Gasteiger partial charge in [-0.25, -0.2) is 0 Å². The third-order valence-electron chi connectivity index (χ3n) is 5.37. The highest BCUT2D eigenvalue weighted by atomic mass is 32.1. The molecular formula is C18H25N3S. The van der Waals surface area contributed by atoms with Gasteiger partial charge in [-0.05, 0) is 62.9 Å². The average molecular weight is 315 g/mol. The molecule has 0 spiro atoms. The number of thiocarbonyl (C=S) groups is 1. The van der Waals surface area contributed by atoms with Gasteiger partial charge in [0.15, 0.2) is 5.11 Å². The summed E-state index contributed by atoms with van der Waals surface area (Å²) in [5, 5.41) is 7.65. The Balaban J connectivity index is 1.35. The minimum absolute atomic E-state index is 0.536. The molecule has 3 fully saturated rings. The van der Waals surface area contributed by atoms with E-state index >= 15 is 0 Å². The lowest BCUT2D eigenvalue weighted by Gasteiger charge is -2.49. The van der Waals surface area contributed by atoms with Crippen molar-refractivity contribution in [1.82, 2.24) is 10.2 Å². The number of hydrogen-bond donors (Lipinski definition) is 2. The number of nitrogens with zero attached hydrogens (tertiary/aromatic N) is 1. The number of anilines is 1. The van der Waals surface area contributed by atoms with Crippen LogP contribution in [-0.2, 0) is 0 Å². The van der Waals surface area contributed by atoms with E-state index in [1.165, 1.54) is 44.9 Å². The van der Waals surface area contributed by atoms with Gasteiger partial charge in [-0.3, -0.25) is 4.90 Å². The monoisotopic (exact) mass is 315 g/mol. The molecule has 0 amide bonds. The van der Waals surface area contributed by atoms with Crippen molar-refractivity contribution in [1.29, 1.82) is 0 Å². The first-order chi connectivity index (χ1) is 10.8. The number of benzene rings is 1. The van der Waals surface area contributed by atoms with Crippen LogP contribution in [0.4, 0.5) is 5.69 Å². The van der Waals surface area contributed by atoms with Crippen molar-refractivity contribution >= 4 is 23.0 Å². The van der Waals surface area contributed by atoms with Gasteiger partial charge < -0.3 is 10.6 Å². The summed E-state index contributed by atoms with van der Waals surface area (Å²) >= 11 is 5.51. The summed E-state index contributed by atoms with van der Waals surface area (Å²) in [6.45, 7) is 0. The van der Waals surface area contributed by atoms with Crippen LogP contribution in [0.5, 0.6) is 0 Å². The predicted octanol–water partition coefficient (Wildman–Crippen LogP) is 3.52. The summed E-state index contributed by atoms with van der Waals surface area (Å²) in [5.41, 5.74) is 1.07. The predicted molar refractivity (Wildman–Crippen MR) is 95.1 cm³/mol. The maximum absolute atomic E-state index is 5.51. The Morgan fingerprint density at radius 2 is 1.64 bits per heavy atom. The summed E-state index contributed by atoms with van der Waals surface area (Å²) in [5.74, 6) is 0. The molecule has 0 aromatic heterocycles. The van der Waals surface area contributed by atoms with Crippen molar-refractivity contribution in [2.24, 2.45) is 0 Å². The molecule has 0 unspecified atom stereocenters. The van der Waals surface area contributed by atoms with E-state index in [-0.39, 0.29) is 0 Å². The molecule has 2 aliphatic heterocycles. The van der Waals surface area contributed by atoms with Gasteiger partial charge in [0, 0.05) is 29.9 Å². The fourth-order valence-electron chi connectivity index (χ4n) is 4.38. The van der Waals surface area contributed by atoms with Crippen molar-refractivity contribution in [3.05, 3.63) is 30.3 Å². The first-order valence-electron chi connectivity index (χ1n) is 8.69. The molecule has 2 heterocycles. The highest BCUT2D eigenvalue weighted by Crippen LogP contribution is 2.41. The molecule has 2 bridgehead atoms. The van der Waals surface area contributed by atoms with E-state index in [1.54, 1.807) is 0 Å². The summed E-state index contributed by atoms with van der Waals surface area (Å²) < 4.78 is 0. The van der Waals surface area contributed by atoms with Crippen LogP contribution in [0.3, 0.4) is 0 Å². The van der Waals surface area contributed by atoms with Crippen LogP contribution in [0, 0.1) is 0 Å². The maximum atomic E-state index is 5.51. The summed E-state index contributed by atoms with van der Waals surface area (Å²) in [7, 11) is 0. The normalized spacial score (nSPS) is 31.5. The zero-order valence-corrected chi connectivity index (χ0v) is 13.8. The minimum Gasteiger partial charge on any atom is -0.360 e. The van der Waals surface area contributed by atoms with Crippen LogP contribution < -0.4 is 10.6 Å². The van der Waals surface area contributed by atoms with Crippen molar-refractivity contribution in [3.8, 4) is 0 Å². The Labute approximate surface area is 138 Å². The fraction of sp³-hybridized carbons (Fsp3) is 0.611. The zero-order valence-electron chi connectivity index (χ0n) is 13.0. The molecule has 2 atom stereocenters. The number of fused-ring (bicyclic) bond motifs is 2. The molecule has 3 nitrogen and oxygen atoms in total. The van der Waals surface area contributed by atoms with Gasteiger partial charge in [-0.1, -0.05) is 24.6 Å². The Kier molecular flexibility index (Phi) is 4.05. The lowest BCUT2D eigenvalue weighted by Crippen LogP contribution is -2.57. The Morgan fingerprint density at radius 3 is 2.27 bits per heavy atom. The van der Waals surface area contributed by atoms with E-state index in [1.807, 2.05) is 18.2 Å². The van der Waals surface area contributed by atoms with E-state index in [2.05, 4.69) is 27.7 Å². The third-order valence-corrected chi connectivity index (χ3v) is 5.59. The lowest BCUT2D eigenvalue weighted by molar-refractivity contribution is 0.0209. The van der Waals surface area contributed by atoms with Gasteiger partial charge in [0.2, 0.25) is 0 Å². The number of piperidine rings is 2. The van der Waals surface area contributed by atoms with Crippen molar-refractivity contribution in [2.45, 2.75) is 69.1 Å². The average Bonchev–Trinajstić information content (AvgIpc) is 3.31. The molecule has 2 N–H and O–H groups in total. The fourth-order valence-corrected chi connectivity index (χ4v) is 4.66. The number of para-hydroxylation sites is 1. The molecule has 4 heteroatoms. The van der Waals surface area contributed by atoms with Crippen LogP contribution in [-0.4, -0.2) is 34.2 Å². The second kappa shape index (κ2) is 6.17. The van der Waals surface area contributed by atoms with E-state index in [4.69, 9.17) is 12.2 Å². The van der Waals surface area contributed by atoms with Crippen LogP contribution >= 0.6 is 12.2 Å². The Bertz CT molecular complexity index is 514. The smallest absolute Gasteiger partial charge is 0.170 e. The molecule has 0 radical (unpaired) electrons. The van der Waals surface area contributed by atoms with Gasteiger partial charge >= 0.3 is 0 Å². The summed E-state index contributed by atoms with van der Waals surface area (Å²) in [6.07, 6.45) is 9.54. The maximum Gasteiger partial charge on any atom is 0.170 e. The molecule has 1 aliphatic carbocycles. The molecule has 118 valence electrons. The highest BCUT2D eigenvalue weighted by Gasteiger charge is 2.44. The van der Waals surface area contributed by atoms with Gasteiger partial charge in [-0.15, -0.1) is 0 Å².